The van der Waals surface area contributed by atoms with E-state index in [1.54, 1.807) is 30.1 Å². The molecule has 0 fully saturated rings. The smallest absolute Gasteiger partial charge is 0.242 e. The summed E-state index contributed by atoms with van der Waals surface area (Å²) in [6, 6.07) is 21.6. The minimum Gasteiger partial charge on any atom is -0.357 e. The van der Waals surface area contributed by atoms with Crippen LogP contribution in [-0.2, 0) is 28.3 Å². The van der Waals surface area contributed by atoms with Crippen molar-refractivity contribution in [1.29, 1.82) is 0 Å². The van der Waals surface area contributed by atoms with Crippen LogP contribution in [0.1, 0.15) is 16.7 Å². The maximum atomic E-state index is 13.5. The highest BCUT2D eigenvalue weighted by molar-refractivity contribution is 7.99. The summed E-state index contributed by atoms with van der Waals surface area (Å²) < 4.78 is 0. The number of rotatable bonds is 10. The van der Waals surface area contributed by atoms with E-state index in [9.17, 15) is 9.59 Å². The molecule has 0 spiro atoms. The van der Waals surface area contributed by atoms with Crippen LogP contribution in [0.2, 0.25) is 15.1 Å². The molecule has 3 rings (SSSR count). The van der Waals surface area contributed by atoms with Crippen molar-refractivity contribution < 1.29 is 9.59 Å². The minimum atomic E-state index is -0.729. The van der Waals surface area contributed by atoms with Gasteiger partial charge in [-0.2, -0.15) is 0 Å². The lowest BCUT2D eigenvalue weighted by atomic mass is 10.0. The first-order valence-electron chi connectivity index (χ1n) is 10.7. The van der Waals surface area contributed by atoms with Gasteiger partial charge in [-0.15, -0.1) is 11.8 Å². The third-order valence-corrected chi connectivity index (χ3v) is 7.39. The van der Waals surface area contributed by atoms with Crippen LogP contribution in [0.4, 0.5) is 0 Å². The van der Waals surface area contributed by atoms with Crippen molar-refractivity contribution in [3.63, 3.8) is 0 Å². The molecule has 4 nitrogen and oxygen atoms in total. The fourth-order valence-corrected chi connectivity index (χ4v) is 5.23. The molecular formula is C26H25Cl3N2O2S. The summed E-state index contributed by atoms with van der Waals surface area (Å²) in [6.45, 7) is 0.120. The van der Waals surface area contributed by atoms with Gasteiger partial charge in [0, 0.05) is 46.4 Å². The SMILES string of the molecule is CNC(=O)[C@H](Cc1ccccc1)N(Cc1c(Cl)cccc1Cl)C(=O)CSCc1ccccc1Cl. The molecule has 0 aliphatic heterocycles. The van der Waals surface area contributed by atoms with E-state index in [-0.39, 0.29) is 24.1 Å². The minimum absolute atomic E-state index is 0.120. The Labute approximate surface area is 219 Å². The van der Waals surface area contributed by atoms with Crippen LogP contribution in [-0.4, -0.2) is 35.6 Å². The summed E-state index contributed by atoms with van der Waals surface area (Å²) in [5, 5.41) is 4.26. The van der Waals surface area contributed by atoms with Gasteiger partial charge in [0.15, 0.2) is 0 Å². The zero-order valence-electron chi connectivity index (χ0n) is 18.6. The third kappa shape index (κ3) is 7.16. The Hall–Kier alpha value is -2.18. The maximum Gasteiger partial charge on any atom is 0.242 e. The van der Waals surface area contributed by atoms with Crippen LogP contribution in [0.15, 0.2) is 72.8 Å². The topological polar surface area (TPSA) is 49.4 Å². The molecule has 0 aromatic heterocycles. The molecule has 3 aromatic rings. The second-order valence-corrected chi connectivity index (χ2v) is 9.83. The molecule has 178 valence electrons. The number of nitrogens with zero attached hydrogens (tertiary/aromatic N) is 1. The number of halogens is 3. The Kier molecular flexibility index (Phi) is 10.1. The Morgan fingerprint density at radius 1 is 0.882 bits per heavy atom. The number of carbonyl (C=O) groups excluding carboxylic acids is 2. The summed E-state index contributed by atoms with van der Waals surface area (Å²) in [5.41, 5.74) is 2.51. The van der Waals surface area contributed by atoms with Gasteiger partial charge < -0.3 is 10.2 Å². The number of hydrogen-bond acceptors (Lipinski definition) is 3. The van der Waals surface area contributed by atoms with Gasteiger partial charge in [-0.05, 0) is 29.3 Å². The predicted molar refractivity (Wildman–Crippen MR) is 143 cm³/mol. The van der Waals surface area contributed by atoms with Gasteiger partial charge in [-0.25, -0.2) is 0 Å². The van der Waals surface area contributed by atoms with E-state index < -0.39 is 6.04 Å². The van der Waals surface area contributed by atoms with Crippen molar-refractivity contribution in [3.8, 4) is 0 Å². The average molecular weight is 536 g/mol. The van der Waals surface area contributed by atoms with Crippen molar-refractivity contribution in [3.05, 3.63) is 105 Å². The van der Waals surface area contributed by atoms with Crippen molar-refractivity contribution in [2.45, 2.75) is 24.8 Å². The van der Waals surface area contributed by atoms with E-state index in [4.69, 9.17) is 34.8 Å². The van der Waals surface area contributed by atoms with E-state index in [1.165, 1.54) is 11.8 Å². The molecule has 34 heavy (non-hydrogen) atoms. The standard InChI is InChI=1S/C26H25Cl3N2O2S/c1-30-26(33)24(14-18-8-3-2-4-9-18)31(15-20-22(28)12-7-13-23(20)29)25(32)17-34-16-19-10-5-6-11-21(19)27/h2-13,24H,14-17H2,1H3,(H,30,33)/t24-/m0/s1. The lowest BCUT2D eigenvalue weighted by Gasteiger charge is -2.31. The van der Waals surface area contributed by atoms with Crippen molar-refractivity contribution in [2.75, 3.05) is 12.8 Å². The van der Waals surface area contributed by atoms with Gasteiger partial charge in [0.2, 0.25) is 11.8 Å². The number of amides is 2. The van der Waals surface area contributed by atoms with Crippen LogP contribution in [0.25, 0.3) is 0 Å². The summed E-state index contributed by atoms with van der Waals surface area (Å²) in [4.78, 5) is 28.0. The average Bonchev–Trinajstić information content (AvgIpc) is 2.84. The van der Waals surface area contributed by atoms with Crippen LogP contribution < -0.4 is 5.32 Å². The van der Waals surface area contributed by atoms with Gasteiger partial charge >= 0.3 is 0 Å². The first-order chi connectivity index (χ1) is 16.4. The Balaban J connectivity index is 1.87. The van der Waals surface area contributed by atoms with Gasteiger partial charge in [0.05, 0.1) is 5.75 Å². The van der Waals surface area contributed by atoms with Crippen molar-refractivity contribution in [1.82, 2.24) is 10.2 Å². The molecule has 0 aliphatic rings. The number of carbonyl (C=O) groups is 2. The fraction of sp³-hybridized carbons (Fsp3) is 0.231. The Morgan fingerprint density at radius 3 is 2.15 bits per heavy atom. The van der Waals surface area contributed by atoms with Crippen LogP contribution in [0, 0.1) is 0 Å². The Bertz CT molecular complexity index is 1110. The van der Waals surface area contributed by atoms with Crippen molar-refractivity contribution >= 4 is 58.4 Å². The third-order valence-electron chi connectivity index (χ3n) is 5.35. The summed E-state index contributed by atoms with van der Waals surface area (Å²) >= 11 is 20.5. The molecule has 0 radical (unpaired) electrons. The van der Waals surface area contributed by atoms with E-state index in [0.29, 0.717) is 32.8 Å². The lowest BCUT2D eigenvalue weighted by Crippen LogP contribution is -2.50. The van der Waals surface area contributed by atoms with Gasteiger partial charge in [-0.1, -0.05) is 89.4 Å². The number of thioether (sulfide) groups is 1. The molecule has 0 saturated heterocycles. The van der Waals surface area contributed by atoms with Gasteiger partial charge in [-0.3, -0.25) is 9.59 Å². The first-order valence-corrected chi connectivity index (χ1v) is 13.0. The van der Waals surface area contributed by atoms with Gasteiger partial charge in [0.25, 0.3) is 0 Å². The van der Waals surface area contributed by atoms with Gasteiger partial charge in [0.1, 0.15) is 6.04 Å². The fourth-order valence-electron chi connectivity index (χ4n) is 3.52. The van der Waals surface area contributed by atoms with E-state index in [2.05, 4.69) is 5.32 Å². The highest BCUT2D eigenvalue weighted by Crippen LogP contribution is 2.28. The molecule has 1 N–H and O–H groups in total. The lowest BCUT2D eigenvalue weighted by molar-refractivity contribution is -0.139. The highest BCUT2D eigenvalue weighted by Gasteiger charge is 2.30. The number of likely N-dealkylation sites (N-methyl/N-ethyl adjacent to an activating group) is 1. The first kappa shape index (κ1) is 26.4. The Morgan fingerprint density at radius 2 is 1.50 bits per heavy atom. The number of hydrogen-bond donors (Lipinski definition) is 1. The molecule has 3 aromatic carbocycles. The largest absolute Gasteiger partial charge is 0.357 e. The van der Waals surface area contributed by atoms with E-state index >= 15 is 0 Å². The quantitative estimate of drug-likeness (QED) is 0.333. The zero-order valence-corrected chi connectivity index (χ0v) is 21.7. The number of nitrogens with one attached hydrogen (secondary N) is 1. The molecule has 0 aliphatic carbocycles. The molecule has 1 atom stereocenters. The predicted octanol–water partition coefficient (Wildman–Crippen LogP) is 6.27. The molecule has 0 bridgehead atoms. The van der Waals surface area contributed by atoms with Crippen molar-refractivity contribution in [2.24, 2.45) is 0 Å². The van der Waals surface area contributed by atoms with E-state index in [1.807, 2.05) is 54.6 Å². The van der Waals surface area contributed by atoms with E-state index in [0.717, 1.165) is 11.1 Å². The molecule has 0 unspecified atom stereocenters. The molecule has 0 heterocycles. The normalized spacial score (nSPS) is 11.6. The zero-order chi connectivity index (χ0) is 24.5. The van der Waals surface area contributed by atoms with Crippen LogP contribution in [0.5, 0.6) is 0 Å². The number of benzene rings is 3. The van der Waals surface area contributed by atoms with Crippen LogP contribution >= 0.6 is 46.6 Å². The summed E-state index contributed by atoms with van der Waals surface area (Å²) in [6.07, 6.45) is 0.365. The summed E-state index contributed by atoms with van der Waals surface area (Å²) in [7, 11) is 1.57. The second kappa shape index (κ2) is 13.1. The molecule has 8 heteroatoms. The monoisotopic (exact) mass is 534 g/mol. The molecule has 0 saturated carbocycles. The maximum absolute atomic E-state index is 13.5. The summed E-state index contributed by atoms with van der Waals surface area (Å²) in [5.74, 6) is 0.319. The highest BCUT2D eigenvalue weighted by atomic mass is 35.5. The second-order valence-electron chi connectivity index (χ2n) is 7.63. The molecule has 2 amide bonds. The molecular weight excluding hydrogens is 511 g/mol. The van der Waals surface area contributed by atoms with Crippen LogP contribution in [0.3, 0.4) is 0 Å².